The molecule has 1 N–H and O–H groups in total. The molecular weight excluding hydrogens is 286 g/mol. The monoisotopic (exact) mass is 301 g/mol. The van der Waals surface area contributed by atoms with Gasteiger partial charge in [-0.15, -0.1) is 0 Å². The van der Waals surface area contributed by atoms with Crippen molar-refractivity contribution in [3.8, 4) is 6.07 Å². The second-order valence-corrected chi connectivity index (χ2v) is 6.20. The highest BCUT2D eigenvalue weighted by Crippen LogP contribution is 2.19. The Morgan fingerprint density at radius 2 is 1.95 bits per heavy atom. The quantitative estimate of drug-likeness (QED) is 0.919. The summed E-state index contributed by atoms with van der Waals surface area (Å²) in [5.74, 6) is 0. The third-order valence-electron chi connectivity index (χ3n) is 3.07. The number of nitrogens with one attached hydrogen (secondary N) is 1. The zero-order valence-electron chi connectivity index (χ0n) is 11.5. The van der Waals surface area contributed by atoms with Crippen molar-refractivity contribution in [2.24, 2.45) is 0 Å². The molecule has 0 saturated carbocycles. The summed E-state index contributed by atoms with van der Waals surface area (Å²) in [6, 6.07) is 13.7. The van der Waals surface area contributed by atoms with Gasteiger partial charge in [-0.3, -0.25) is 0 Å². The fraction of sp³-hybridized carbons (Fsp3) is 0.200. The molecule has 6 heteroatoms. The van der Waals surface area contributed by atoms with Crippen LogP contribution in [0.25, 0.3) is 0 Å². The molecule has 0 spiro atoms. The molecule has 2 aromatic rings. The molecule has 21 heavy (non-hydrogen) atoms. The minimum Gasteiger partial charge on any atom is -0.244 e. The van der Waals surface area contributed by atoms with E-state index in [0.717, 1.165) is 5.56 Å². The Hall–Kier alpha value is -2.23. The van der Waals surface area contributed by atoms with E-state index in [2.05, 4.69) is 9.71 Å². The molecule has 0 aliphatic rings. The van der Waals surface area contributed by atoms with Gasteiger partial charge in [-0.25, -0.2) is 18.1 Å². The summed E-state index contributed by atoms with van der Waals surface area (Å²) in [4.78, 5) is 3.84. The largest absolute Gasteiger partial charge is 0.244 e. The van der Waals surface area contributed by atoms with Crippen LogP contribution in [0.4, 0.5) is 0 Å². The highest BCUT2D eigenvalue weighted by atomic mass is 32.2. The first-order valence-electron chi connectivity index (χ1n) is 6.50. The van der Waals surface area contributed by atoms with Crippen LogP contribution in [0.5, 0.6) is 0 Å². The molecule has 0 aliphatic carbocycles. The van der Waals surface area contributed by atoms with Gasteiger partial charge < -0.3 is 0 Å². The molecule has 0 amide bonds. The lowest BCUT2D eigenvalue weighted by Gasteiger charge is -2.17. The summed E-state index contributed by atoms with van der Waals surface area (Å²) >= 11 is 0. The number of nitriles is 1. The van der Waals surface area contributed by atoms with Gasteiger partial charge in [-0.05, 0) is 24.1 Å². The summed E-state index contributed by atoms with van der Waals surface area (Å²) in [7, 11) is -3.67. The number of rotatable bonds is 5. The molecule has 1 unspecified atom stereocenters. The van der Waals surface area contributed by atoms with Gasteiger partial charge in [0.25, 0.3) is 0 Å². The molecular formula is C15H15N3O2S. The highest BCUT2D eigenvalue weighted by Gasteiger charge is 2.20. The van der Waals surface area contributed by atoms with Gasteiger partial charge >= 0.3 is 0 Å². The number of nitrogens with zero attached hydrogens (tertiary/aromatic N) is 2. The zero-order chi connectivity index (χ0) is 15.3. The molecule has 1 heterocycles. The lowest BCUT2D eigenvalue weighted by Crippen LogP contribution is -2.28. The molecule has 1 atom stereocenters. The summed E-state index contributed by atoms with van der Waals surface area (Å²) in [6.07, 6.45) is 1.82. The molecule has 0 radical (unpaired) electrons. The van der Waals surface area contributed by atoms with Gasteiger partial charge in [0.05, 0.1) is 0 Å². The molecule has 2 rings (SSSR count). The number of benzene rings is 1. The lowest BCUT2D eigenvalue weighted by molar-refractivity contribution is 0.549. The Morgan fingerprint density at radius 1 is 1.24 bits per heavy atom. The van der Waals surface area contributed by atoms with E-state index in [1.807, 2.05) is 43.3 Å². The van der Waals surface area contributed by atoms with Gasteiger partial charge in [0.1, 0.15) is 16.7 Å². The predicted molar refractivity (Wildman–Crippen MR) is 78.7 cm³/mol. The van der Waals surface area contributed by atoms with Crippen molar-refractivity contribution in [1.29, 1.82) is 5.26 Å². The van der Waals surface area contributed by atoms with Crippen molar-refractivity contribution in [2.45, 2.75) is 24.3 Å². The molecule has 0 bridgehead atoms. The molecule has 108 valence electrons. The first-order valence-corrected chi connectivity index (χ1v) is 7.98. The van der Waals surface area contributed by atoms with E-state index < -0.39 is 10.0 Å². The van der Waals surface area contributed by atoms with Crippen LogP contribution >= 0.6 is 0 Å². The molecule has 0 saturated heterocycles. The first kappa shape index (κ1) is 15.2. The number of hydrogen-bond donors (Lipinski definition) is 1. The van der Waals surface area contributed by atoms with E-state index in [1.54, 1.807) is 0 Å². The Bertz CT molecular complexity index is 735. The SMILES string of the molecule is CCC(NS(=O)(=O)c1ccc(C#N)nc1)c1ccccc1. The topological polar surface area (TPSA) is 82.9 Å². The Balaban J connectivity index is 2.25. The smallest absolute Gasteiger partial charge is 0.242 e. The van der Waals surface area contributed by atoms with E-state index >= 15 is 0 Å². The summed E-state index contributed by atoms with van der Waals surface area (Å²) < 4.78 is 27.3. The van der Waals surface area contributed by atoms with Crippen molar-refractivity contribution in [2.75, 3.05) is 0 Å². The highest BCUT2D eigenvalue weighted by molar-refractivity contribution is 7.89. The van der Waals surface area contributed by atoms with Gasteiger partial charge in [0.2, 0.25) is 10.0 Å². The van der Waals surface area contributed by atoms with Gasteiger partial charge in [-0.1, -0.05) is 37.3 Å². The lowest BCUT2D eigenvalue weighted by atomic mass is 10.1. The Morgan fingerprint density at radius 3 is 2.48 bits per heavy atom. The fourth-order valence-electron chi connectivity index (χ4n) is 1.93. The van der Waals surface area contributed by atoms with Crippen LogP contribution in [0.15, 0.2) is 53.6 Å². The minimum absolute atomic E-state index is 0.0517. The molecule has 1 aromatic heterocycles. The number of sulfonamides is 1. The average Bonchev–Trinajstić information content (AvgIpc) is 2.53. The predicted octanol–water partition coefficient (Wildman–Crippen LogP) is 2.38. The van der Waals surface area contributed by atoms with Crippen LogP contribution in [0.3, 0.4) is 0 Å². The van der Waals surface area contributed by atoms with Crippen molar-refractivity contribution in [1.82, 2.24) is 9.71 Å². The van der Waals surface area contributed by atoms with E-state index in [-0.39, 0.29) is 16.6 Å². The standard InChI is InChI=1S/C15H15N3O2S/c1-2-15(12-6-4-3-5-7-12)18-21(19,20)14-9-8-13(10-16)17-11-14/h3-9,11,15,18H,2H2,1H3. The zero-order valence-corrected chi connectivity index (χ0v) is 12.3. The van der Waals surface area contributed by atoms with Crippen LogP contribution in [-0.4, -0.2) is 13.4 Å². The normalized spacial score (nSPS) is 12.6. The van der Waals surface area contributed by atoms with E-state index in [1.165, 1.54) is 18.3 Å². The Kier molecular flexibility index (Phi) is 4.68. The van der Waals surface area contributed by atoms with Crippen LogP contribution in [0.2, 0.25) is 0 Å². The summed E-state index contributed by atoms with van der Waals surface area (Å²) in [5.41, 5.74) is 1.09. The first-order chi connectivity index (χ1) is 10.1. The second kappa shape index (κ2) is 6.48. The van der Waals surface area contributed by atoms with Crippen LogP contribution in [-0.2, 0) is 10.0 Å². The van der Waals surface area contributed by atoms with Crippen molar-refractivity contribution in [3.05, 3.63) is 59.9 Å². The maximum atomic E-state index is 12.3. The van der Waals surface area contributed by atoms with E-state index in [4.69, 9.17) is 5.26 Å². The van der Waals surface area contributed by atoms with E-state index in [0.29, 0.717) is 6.42 Å². The average molecular weight is 301 g/mol. The molecule has 1 aromatic carbocycles. The van der Waals surface area contributed by atoms with Gasteiger partial charge in [0, 0.05) is 12.2 Å². The molecule has 5 nitrogen and oxygen atoms in total. The molecule has 0 fully saturated rings. The van der Waals surface area contributed by atoms with E-state index in [9.17, 15) is 8.42 Å². The Labute approximate surface area is 124 Å². The summed E-state index contributed by atoms with van der Waals surface area (Å²) in [6.45, 7) is 1.91. The minimum atomic E-state index is -3.67. The fourth-order valence-corrected chi connectivity index (χ4v) is 3.19. The van der Waals surface area contributed by atoms with Crippen molar-refractivity contribution < 1.29 is 8.42 Å². The van der Waals surface area contributed by atoms with Crippen molar-refractivity contribution >= 4 is 10.0 Å². The van der Waals surface area contributed by atoms with Gasteiger partial charge in [-0.2, -0.15) is 5.26 Å². The van der Waals surface area contributed by atoms with Crippen molar-refractivity contribution in [3.63, 3.8) is 0 Å². The number of pyridine rings is 1. The second-order valence-electron chi connectivity index (χ2n) is 4.48. The van der Waals surface area contributed by atoms with Crippen LogP contribution in [0, 0.1) is 11.3 Å². The van der Waals surface area contributed by atoms with Crippen LogP contribution < -0.4 is 4.72 Å². The van der Waals surface area contributed by atoms with Gasteiger partial charge in [0.15, 0.2) is 0 Å². The van der Waals surface area contributed by atoms with Crippen LogP contribution in [0.1, 0.15) is 30.6 Å². The maximum Gasteiger partial charge on any atom is 0.242 e. The number of aromatic nitrogens is 1. The third kappa shape index (κ3) is 3.66. The number of hydrogen-bond acceptors (Lipinski definition) is 4. The maximum absolute atomic E-state index is 12.3. The molecule has 0 aliphatic heterocycles. The summed E-state index contributed by atoms with van der Waals surface area (Å²) in [5, 5.41) is 8.69. The third-order valence-corrected chi connectivity index (χ3v) is 4.53.